The van der Waals surface area contributed by atoms with E-state index in [1.165, 1.54) is 13.7 Å². The Balaban J connectivity index is 1.91. The average Bonchev–Trinajstić information content (AvgIpc) is 2.95. The molecule has 48 heavy (non-hydrogen) atoms. The van der Waals surface area contributed by atoms with Crippen LogP contribution in [0.4, 0.5) is 0 Å². The second kappa shape index (κ2) is 14.2. The normalized spacial score (nSPS) is 31.2. The molecule has 0 spiro atoms. The molecular weight excluding hydrogens is 612 g/mol. The highest BCUT2D eigenvalue weighted by molar-refractivity contribution is 5.34. The van der Waals surface area contributed by atoms with E-state index < -0.39 is 35.2 Å². The number of hydrogen-bond acceptors (Lipinski definition) is 9. The van der Waals surface area contributed by atoms with E-state index in [2.05, 4.69) is 56.5 Å². The Morgan fingerprint density at radius 2 is 0.729 bits per heavy atom. The second-order valence-corrected chi connectivity index (χ2v) is 17.5. The van der Waals surface area contributed by atoms with Gasteiger partial charge in [0.1, 0.15) is 0 Å². The highest BCUT2D eigenvalue weighted by atomic mass is 16.2. The largest absolute Gasteiger partial charge is 0.336 e. The van der Waals surface area contributed by atoms with E-state index in [1.54, 1.807) is 18.2 Å². The van der Waals surface area contributed by atoms with Crippen molar-refractivity contribution in [2.45, 2.75) is 156 Å². The van der Waals surface area contributed by atoms with Crippen LogP contribution in [0.5, 0.6) is 0 Å². The lowest BCUT2D eigenvalue weighted by Gasteiger charge is -2.43. The molecule has 9 atom stereocenters. The van der Waals surface area contributed by atoms with Crippen molar-refractivity contribution in [2.24, 2.45) is 49.0 Å². The Kier molecular flexibility index (Phi) is 11.0. The van der Waals surface area contributed by atoms with Gasteiger partial charge in [-0.25, -0.2) is 57.4 Å². The van der Waals surface area contributed by atoms with E-state index in [1.807, 2.05) is 20.8 Å². The first-order valence-corrected chi connectivity index (χ1v) is 17.5. The lowest BCUT2D eigenvalue weighted by Crippen LogP contribution is -2.59. The average molecular weight is 667 g/mol. The predicted molar refractivity (Wildman–Crippen MR) is 182 cm³/mol. The summed E-state index contributed by atoms with van der Waals surface area (Å²) >= 11 is 0. The monoisotopic (exact) mass is 666 g/mol. The quantitative estimate of drug-likeness (QED) is 0.252. The van der Waals surface area contributed by atoms with Crippen LogP contribution in [-0.4, -0.2) is 50.1 Å². The van der Waals surface area contributed by atoms with Crippen molar-refractivity contribution in [2.75, 3.05) is 0 Å². The molecule has 0 radical (unpaired) electrons. The minimum absolute atomic E-state index is 0.161. The molecule has 12 nitrogen and oxygen atoms in total. The van der Waals surface area contributed by atoms with Crippen LogP contribution in [0.1, 0.15) is 138 Å². The van der Waals surface area contributed by atoms with Crippen LogP contribution in [-0.2, 0) is 14.4 Å². The lowest BCUT2D eigenvalue weighted by atomic mass is 9.68. The fourth-order valence-electron chi connectivity index (χ4n) is 9.73. The van der Waals surface area contributed by atoms with E-state index >= 15 is 0 Å². The number of isocyanates is 3. The molecule has 3 saturated carbocycles. The molecule has 0 saturated heterocycles. The van der Waals surface area contributed by atoms with Crippen molar-refractivity contribution in [3.05, 3.63) is 31.5 Å². The summed E-state index contributed by atoms with van der Waals surface area (Å²) in [6.07, 6.45) is 10.8. The SMILES string of the molecule is CC(C1CC(N=C=O)CC(C)(C)C1)n1c(=O)n(C(C)C2CC(N=C=O)CC(C)(C)C2)c(=O)n(C(C)C2CC(N=C=O)CC(C)(C)C2)c1=O. The molecule has 1 aromatic heterocycles. The van der Waals surface area contributed by atoms with E-state index in [0.717, 1.165) is 0 Å². The maximum atomic E-state index is 14.6. The molecule has 0 amide bonds. The van der Waals surface area contributed by atoms with Gasteiger partial charge in [-0.3, -0.25) is 0 Å². The van der Waals surface area contributed by atoms with Gasteiger partial charge in [-0.15, -0.1) is 0 Å². The Morgan fingerprint density at radius 3 is 0.938 bits per heavy atom. The second-order valence-electron chi connectivity index (χ2n) is 17.5. The Bertz CT molecular complexity index is 1460. The lowest BCUT2D eigenvalue weighted by molar-refractivity contribution is 0.101. The van der Waals surface area contributed by atoms with Gasteiger partial charge in [0.15, 0.2) is 0 Å². The number of hydrogen-bond donors (Lipinski definition) is 0. The molecule has 1 heterocycles. The third-order valence-electron chi connectivity index (χ3n) is 11.7. The minimum Gasteiger partial charge on any atom is -0.247 e. The van der Waals surface area contributed by atoms with Crippen LogP contribution in [0.25, 0.3) is 0 Å². The number of carbonyl (C=O) groups excluding carboxylic acids is 3. The van der Waals surface area contributed by atoms with Crippen molar-refractivity contribution in [1.29, 1.82) is 0 Å². The van der Waals surface area contributed by atoms with Crippen molar-refractivity contribution in [3.8, 4) is 0 Å². The standard InChI is InChI=1S/C36H54N6O6/c1-22(25-10-28(37-19-43)16-34(4,5)13-25)40-31(46)41(23(2)26-11-29(38-20-44)17-35(6,7)14-26)33(48)42(32(40)47)24(3)27-12-30(39-21-45)18-36(8,9)15-27/h22-30H,10-18H2,1-9H3. The molecule has 9 unspecified atom stereocenters. The summed E-state index contributed by atoms with van der Waals surface area (Å²) in [4.78, 5) is 89.6. The van der Waals surface area contributed by atoms with Gasteiger partial charge in [-0.2, -0.15) is 0 Å². The van der Waals surface area contributed by atoms with Gasteiger partial charge in [-0.1, -0.05) is 41.5 Å². The maximum Gasteiger partial charge on any atom is 0.336 e. The first kappa shape index (κ1) is 37.4. The van der Waals surface area contributed by atoms with Gasteiger partial charge >= 0.3 is 17.1 Å². The van der Waals surface area contributed by atoms with Gasteiger partial charge in [0, 0.05) is 18.1 Å². The van der Waals surface area contributed by atoms with E-state index in [4.69, 9.17) is 0 Å². The predicted octanol–water partition coefficient (Wildman–Crippen LogP) is 5.45. The summed E-state index contributed by atoms with van der Waals surface area (Å²) < 4.78 is 3.77. The number of nitrogens with zero attached hydrogens (tertiary/aromatic N) is 6. The minimum atomic E-state index is -0.654. The molecule has 0 bridgehead atoms. The zero-order valence-electron chi connectivity index (χ0n) is 30.2. The van der Waals surface area contributed by atoms with Gasteiger partial charge in [0.25, 0.3) is 0 Å². The third kappa shape index (κ3) is 8.05. The van der Waals surface area contributed by atoms with E-state index in [0.29, 0.717) is 57.8 Å². The van der Waals surface area contributed by atoms with Crippen molar-refractivity contribution in [3.63, 3.8) is 0 Å². The van der Waals surface area contributed by atoms with Crippen molar-refractivity contribution >= 4 is 18.2 Å². The topological polar surface area (TPSA) is 154 Å². The molecule has 3 aliphatic carbocycles. The van der Waals surface area contributed by atoms with E-state index in [9.17, 15) is 28.8 Å². The van der Waals surface area contributed by atoms with Gasteiger partial charge in [0.2, 0.25) is 18.2 Å². The first-order chi connectivity index (χ1) is 22.3. The third-order valence-corrected chi connectivity index (χ3v) is 11.7. The number of rotatable bonds is 9. The smallest absolute Gasteiger partial charge is 0.247 e. The molecule has 3 fully saturated rings. The zero-order valence-corrected chi connectivity index (χ0v) is 30.2. The first-order valence-electron chi connectivity index (χ1n) is 17.5. The van der Waals surface area contributed by atoms with Crippen LogP contribution in [0.3, 0.4) is 0 Å². The fourth-order valence-corrected chi connectivity index (χ4v) is 9.73. The van der Waals surface area contributed by atoms with Crippen LogP contribution in [0.15, 0.2) is 29.4 Å². The number of aromatic nitrogens is 3. The molecule has 4 rings (SSSR count). The van der Waals surface area contributed by atoms with Gasteiger partial charge < -0.3 is 0 Å². The Hall–Kier alpha value is -3.45. The number of aliphatic imine (C=N–C) groups is 3. The van der Waals surface area contributed by atoms with Crippen LogP contribution < -0.4 is 17.1 Å². The molecule has 12 heteroatoms. The Labute approximate surface area is 282 Å². The van der Waals surface area contributed by atoms with Crippen LogP contribution in [0, 0.1) is 34.0 Å². The van der Waals surface area contributed by atoms with E-state index in [-0.39, 0.29) is 52.1 Å². The van der Waals surface area contributed by atoms with Gasteiger partial charge in [0.05, 0.1) is 18.1 Å². The van der Waals surface area contributed by atoms with Gasteiger partial charge in [-0.05, 0) is 113 Å². The summed E-state index contributed by atoms with van der Waals surface area (Å²) in [5.41, 5.74) is -2.54. The molecular formula is C36H54N6O6. The highest BCUT2D eigenvalue weighted by Crippen LogP contribution is 2.46. The zero-order chi connectivity index (χ0) is 35.8. The summed E-state index contributed by atoms with van der Waals surface area (Å²) in [5, 5.41) is 0. The highest BCUT2D eigenvalue weighted by Gasteiger charge is 2.43. The van der Waals surface area contributed by atoms with Crippen molar-refractivity contribution < 1.29 is 14.4 Å². The summed E-state index contributed by atoms with van der Waals surface area (Å²) in [6, 6.07) is -2.59. The molecule has 1 aromatic rings. The molecule has 264 valence electrons. The summed E-state index contributed by atoms with van der Waals surface area (Å²) in [7, 11) is 0. The molecule has 0 aromatic carbocycles. The maximum absolute atomic E-state index is 14.6. The summed E-state index contributed by atoms with van der Waals surface area (Å²) in [5.74, 6) is -0.483. The Morgan fingerprint density at radius 1 is 0.500 bits per heavy atom. The molecule has 0 aliphatic heterocycles. The van der Waals surface area contributed by atoms with Crippen LogP contribution in [0.2, 0.25) is 0 Å². The fraction of sp³-hybridized carbons (Fsp3) is 0.833. The molecule has 3 aliphatic rings. The van der Waals surface area contributed by atoms with Crippen LogP contribution >= 0.6 is 0 Å². The molecule has 0 N–H and O–H groups in total. The van der Waals surface area contributed by atoms with Crippen molar-refractivity contribution in [1.82, 2.24) is 13.7 Å². The summed E-state index contributed by atoms with van der Waals surface area (Å²) in [6.45, 7) is 18.1.